The van der Waals surface area contributed by atoms with Crippen molar-refractivity contribution < 1.29 is 0 Å². The molecule has 1 heteroatoms. The molecule has 0 aliphatic rings. The van der Waals surface area contributed by atoms with Crippen LogP contribution in [0.1, 0.15) is 0 Å². The van der Waals surface area contributed by atoms with Gasteiger partial charge in [-0.25, -0.2) is 0 Å². The highest BCUT2D eigenvalue weighted by atomic mass is 15.0. The van der Waals surface area contributed by atoms with Gasteiger partial charge in [0.05, 0.1) is 16.7 Å². The third kappa shape index (κ3) is 2.32. The molecule has 0 atom stereocenters. The highest BCUT2D eigenvalue weighted by Gasteiger charge is 2.14. The summed E-state index contributed by atoms with van der Waals surface area (Å²) >= 11 is 0. The van der Waals surface area contributed by atoms with Crippen molar-refractivity contribution in [3.8, 4) is 5.69 Å². The number of benzene rings is 6. The van der Waals surface area contributed by atoms with Crippen LogP contribution in [0.15, 0.2) is 115 Å². The van der Waals surface area contributed by atoms with Gasteiger partial charge in [0.25, 0.3) is 0 Å². The Balaban J connectivity index is 1.67. The largest absolute Gasteiger partial charge is 0.309 e. The van der Waals surface area contributed by atoms with Gasteiger partial charge in [-0.1, -0.05) is 84.9 Å². The van der Waals surface area contributed by atoms with Gasteiger partial charge in [0, 0.05) is 16.2 Å². The van der Waals surface area contributed by atoms with Crippen LogP contribution in [-0.4, -0.2) is 4.57 Å². The van der Waals surface area contributed by atoms with Crippen molar-refractivity contribution in [1.82, 2.24) is 4.57 Å². The molecule has 0 fully saturated rings. The van der Waals surface area contributed by atoms with Gasteiger partial charge >= 0.3 is 0 Å². The van der Waals surface area contributed by atoms with E-state index in [2.05, 4.69) is 120 Å². The molecule has 0 unspecified atom stereocenters. The highest BCUT2D eigenvalue weighted by molar-refractivity contribution is 6.15. The molecule has 0 radical (unpaired) electrons. The second kappa shape index (κ2) is 6.20. The standard InChI is InChI=1S/C30H19N/c1-2-10-23-20(8-1)16-17-22-18-21-9-7-15-30(27(21)19-26(22)23)31-28-13-5-3-11-24(28)25-12-4-6-14-29(25)31/h1-19H. The highest BCUT2D eigenvalue weighted by Crippen LogP contribution is 2.36. The van der Waals surface area contributed by atoms with Crippen LogP contribution >= 0.6 is 0 Å². The summed E-state index contributed by atoms with van der Waals surface area (Å²) in [7, 11) is 0. The lowest BCUT2D eigenvalue weighted by atomic mass is 9.97. The molecule has 6 aromatic carbocycles. The van der Waals surface area contributed by atoms with Crippen LogP contribution < -0.4 is 0 Å². The average molecular weight is 393 g/mol. The fourth-order valence-electron chi connectivity index (χ4n) is 5.14. The summed E-state index contributed by atoms with van der Waals surface area (Å²) in [5, 5.41) is 10.3. The van der Waals surface area contributed by atoms with E-state index in [9.17, 15) is 0 Å². The van der Waals surface area contributed by atoms with Gasteiger partial charge in [0.15, 0.2) is 0 Å². The third-order valence-corrected chi connectivity index (χ3v) is 6.54. The molecule has 0 saturated heterocycles. The first-order chi connectivity index (χ1) is 15.4. The van der Waals surface area contributed by atoms with E-state index in [0.717, 1.165) is 0 Å². The van der Waals surface area contributed by atoms with E-state index in [1.165, 1.54) is 59.8 Å². The van der Waals surface area contributed by atoms with Crippen LogP contribution in [-0.2, 0) is 0 Å². The monoisotopic (exact) mass is 393 g/mol. The summed E-state index contributed by atoms with van der Waals surface area (Å²) in [4.78, 5) is 0. The van der Waals surface area contributed by atoms with Crippen LogP contribution in [0.4, 0.5) is 0 Å². The zero-order valence-corrected chi connectivity index (χ0v) is 16.9. The quantitative estimate of drug-likeness (QED) is 0.195. The fraction of sp³-hybridized carbons (Fsp3) is 0. The van der Waals surface area contributed by atoms with Gasteiger partial charge in [0.2, 0.25) is 0 Å². The molecular weight excluding hydrogens is 374 g/mol. The van der Waals surface area contributed by atoms with E-state index < -0.39 is 0 Å². The lowest BCUT2D eigenvalue weighted by Gasteiger charge is -2.13. The Bertz CT molecular complexity index is 1730. The molecule has 0 saturated carbocycles. The summed E-state index contributed by atoms with van der Waals surface area (Å²) in [6, 6.07) is 41.9. The minimum absolute atomic E-state index is 1.23. The summed E-state index contributed by atoms with van der Waals surface area (Å²) in [5.74, 6) is 0. The lowest BCUT2D eigenvalue weighted by molar-refractivity contribution is 1.20. The van der Waals surface area contributed by atoms with Crippen molar-refractivity contribution in [3.05, 3.63) is 115 Å². The molecule has 31 heavy (non-hydrogen) atoms. The van der Waals surface area contributed by atoms with E-state index in [0.29, 0.717) is 0 Å². The molecular formula is C30H19N. The molecule has 0 aliphatic heterocycles. The van der Waals surface area contributed by atoms with Gasteiger partial charge in [-0.2, -0.15) is 0 Å². The number of rotatable bonds is 1. The Labute approximate surface area is 179 Å². The van der Waals surface area contributed by atoms with Gasteiger partial charge in [-0.05, 0) is 57.3 Å². The summed E-state index contributed by atoms with van der Waals surface area (Å²) in [6.45, 7) is 0. The predicted octanol–water partition coefficient (Wildman–Crippen LogP) is 8.24. The Kier molecular flexibility index (Phi) is 3.33. The first-order valence-corrected chi connectivity index (χ1v) is 10.7. The summed E-state index contributed by atoms with van der Waals surface area (Å²) < 4.78 is 2.42. The molecule has 0 spiro atoms. The molecule has 0 aliphatic carbocycles. The van der Waals surface area contributed by atoms with Crippen molar-refractivity contribution in [2.75, 3.05) is 0 Å². The Morgan fingerprint density at radius 1 is 0.355 bits per heavy atom. The van der Waals surface area contributed by atoms with Crippen molar-refractivity contribution in [1.29, 1.82) is 0 Å². The lowest BCUT2D eigenvalue weighted by Crippen LogP contribution is -1.95. The van der Waals surface area contributed by atoms with E-state index in [1.54, 1.807) is 0 Å². The number of nitrogens with zero attached hydrogens (tertiary/aromatic N) is 1. The zero-order chi connectivity index (χ0) is 20.4. The number of hydrogen-bond acceptors (Lipinski definition) is 0. The van der Waals surface area contributed by atoms with E-state index >= 15 is 0 Å². The maximum atomic E-state index is 2.42. The van der Waals surface area contributed by atoms with Crippen LogP contribution in [0.2, 0.25) is 0 Å². The molecule has 7 rings (SSSR count). The van der Waals surface area contributed by atoms with Crippen LogP contribution in [0.5, 0.6) is 0 Å². The second-order valence-corrected chi connectivity index (χ2v) is 8.23. The van der Waals surface area contributed by atoms with Crippen molar-refractivity contribution >= 4 is 54.1 Å². The molecule has 1 nitrogen and oxygen atoms in total. The Hall–Kier alpha value is -4.10. The molecule has 0 amide bonds. The average Bonchev–Trinajstić information content (AvgIpc) is 3.17. The number of hydrogen-bond donors (Lipinski definition) is 0. The number of aromatic nitrogens is 1. The fourth-order valence-corrected chi connectivity index (χ4v) is 5.14. The normalized spacial score (nSPS) is 11.9. The van der Waals surface area contributed by atoms with Gasteiger partial charge in [-0.3, -0.25) is 0 Å². The van der Waals surface area contributed by atoms with Crippen LogP contribution in [0, 0.1) is 0 Å². The zero-order valence-electron chi connectivity index (χ0n) is 16.9. The minimum Gasteiger partial charge on any atom is -0.309 e. The van der Waals surface area contributed by atoms with Crippen molar-refractivity contribution in [2.24, 2.45) is 0 Å². The van der Waals surface area contributed by atoms with E-state index in [-0.39, 0.29) is 0 Å². The molecule has 0 bridgehead atoms. The van der Waals surface area contributed by atoms with Crippen LogP contribution in [0.3, 0.4) is 0 Å². The van der Waals surface area contributed by atoms with Crippen molar-refractivity contribution in [3.63, 3.8) is 0 Å². The molecule has 7 aromatic rings. The smallest absolute Gasteiger partial charge is 0.0541 e. The number of para-hydroxylation sites is 2. The Morgan fingerprint density at radius 2 is 0.935 bits per heavy atom. The first kappa shape index (κ1) is 16.7. The van der Waals surface area contributed by atoms with E-state index in [4.69, 9.17) is 0 Å². The first-order valence-electron chi connectivity index (χ1n) is 10.7. The molecule has 1 heterocycles. The SMILES string of the molecule is c1cc(-n2c3ccccc3c3ccccc32)c2cc3c(ccc4ccccc43)cc2c1. The molecule has 144 valence electrons. The van der Waals surface area contributed by atoms with Crippen molar-refractivity contribution in [2.45, 2.75) is 0 Å². The molecule has 1 aromatic heterocycles. The maximum Gasteiger partial charge on any atom is 0.0541 e. The van der Waals surface area contributed by atoms with Gasteiger partial charge < -0.3 is 4.57 Å². The Morgan fingerprint density at radius 3 is 1.71 bits per heavy atom. The minimum atomic E-state index is 1.23. The number of fused-ring (bicyclic) bond motifs is 7. The topological polar surface area (TPSA) is 4.93 Å². The van der Waals surface area contributed by atoms with Crippen LogP contribution in [0.25, 0.3) is 59.8 Å². The molecule has 0 N–H and O–H groups in total. The van der Waals surface area contributed by atoms with Gasteiger partial charge in [-0.15, -0.1) is 0 Å². The van der Waals surface area contributed by atoms with Gasteiger partial charge in [0.1, 0.15) is 0 Å². The maximum absolute atomic E-state index is 2.42. The second-order valence-electron chi connectivity index (χ2n) is 8.23. The predicted molar refractivity (Wildman–Crippen MR) is 133 cm³/mol. The third-order valence-electron chi connectivity index (χ3n) is 6.54. The summed E-state index contributed by atoms with van der Waals surface area (Å²) in [6.07, 6.45) is 0. The van der Waals surface area contributed by atoms with E-state index in [1.807, 2.05) is 0 Å². The summed E-state index contributed by atoms with van der Waals surface area (Å²) in [5.41, 5.74) is 3.72.